The molecule has 0 atom stereocenters. The van der Waals surface area contributed by atoms with Crippen LogP contribution in [0.15, 0.2) is 39.0 Å². The van der Waals surface area contributed by atoms with Crippen LogP contribution in [0.2, 0.25) is 0 Å². The Bertz CT molecular complexity index is 1960. The van der Waals surface area contributed by atoms with Gasteiger partial charge in [-0.25, -0.2) is 9.59 Å². The first-order chi connectivity index (χ1) is 27.4. The van der Waals surface area contributed by atoms with E-state index in [1.54, 1.807) is 16.9 Å². The lowest BCUT2D eigenvalue weighted by atomic mass is 9.62. The summed E-state index contributed by atoms with van der Waals surface area (Å²) in [4.78, 5) is 67.8. The molecule has 2 aromatic carbocycles. The molecule has 0 bridgehead atoms. The molecule has 0 aromatic heterocycles. The maximum Gasteiger partial charge on any atom is 0.410 e. The predicted octanol–water partition coefficient (Wildman–Crippen LogP) is 10.9. The molecule has 0 N–H and O–H groups in total. The van der Waals surface area contributed by atoms with Crippen LogP contribution in [0, 0.1) is 38.5 Å². The molecule has 0 unspecified atom stereocenters. The van der Waals surface area contributed by atoms with Crippen molar-refractivity contribution in [3.05, 3.63) is 72.4 Å². The summed E-state index contributed by atoms with van der Waals surface area (Å²) in [5, 5.41) is 0. The first-order valence-corrected chi connectivity index (χ1v) is 22.3. The van der Waals surface area contributed by atoms with Gasteiger partial charge in [-0.3, -0.25) is 14.4 Å². The van der Waals surface area contributed by atoms with Crippen molar-refractivity contribution < 1.29 is 38.2 Å². The number of likely N-dealkylation sites (tertiary alicyclic amines) is 2. The van der Waals surface area contributed by atoms with E-state index in [0.717, 1.165) is 72.9 Å². The quantitative estimate of drug-likeness (QED) is 0.279. The van der Waals surface area contributed by atoms with Crippen LogP contribution in [0.25, 0.3) is 5.57 Å². The number of hydrogen-bond acceptors (Lipinski definition) is 8. The number of nitrogens with zero attached hydrogens (tertiary/aromatic N) is 2. The van der Waals surface area contributed by atoms with Gasteiger partial charge in [0.05, 0.1) is 12.7 Å². The van der Waals surface area contributed by atoms with Gasteiger partial charge in [0.1, 0.15) is 34.4 Å². The fourth-order valence-corrected chi connectivity index (χ4v) is 10.8. The van der Waals surface area contributed by atoms with Crippen LogP contribution in [-0.2, 0) is 28.6 Å². The van der Waals surface area contributed by atoms with E-state index in [1.165, 1.54) is 0 Å². The van der Waals surface area contributed by atoms with E-state index >= 15 is 0 Å². The molecule has 10 nitrogen and oxygen atoms in total. The van der Waals surface area contributed by atoms with Gasteiger partial charge in [0.25, 0.3) is 0 Å². The molecule has 4 aliphatic rings. The zero-order valence-corrected chi connectivity index (χ0v) is 40.0. The molecule has 2 saturated heterocycles. The molecule has 1 saturated carbocycles. The summed E-state index contributed by atoms with van der Waals surface area (Å²) < 4.78 is 18.7. The Morgan fingerprint density at radius 2 is 1.00 bits per heavy atom. The number of aryl methyl sites for hydroxylation is 4. The summed E-state index contributed by atoms with van der Waals surface area (Å²) in [6, 6.07) is 8.01. The van der Waals surface area contributed by atoms with Crippen LogP contribution in [0.1, 0.15) is 132 Å². The van der Waals surface area contributed by atoms with Gasteiger partial charge in [-0.05, 0) is 163 Å². The summed E-state index contributed by atoms with van der Waals surface area (Å²) in [5.41, 5.74) is 5.14. The average Bonchev–Trinajstić information content (AvgIpc) is 3.09. The Hall–Kier alpha value is -3.51. The molecule has 2 aliphatic heterocycles. The monoisotopic (exact) mass is 940 g/mol. The first kappa shape index (κ1) is 46.6. The highest BCUT2D eigenvalue weighted by atomic mass is 79.9. The number of allylic oxidation sites excluding steroid dienone is 2. The van der Waals surface area contributed by atoms with Crippen molar-refractivity contribution in [1.82, 2.24) is 9.80 Å². The molecule has 2 aromatic rings. The minimum absolute atomic E-state index is 0.0143. The van der Waals surface area contributed by atoms with Gasteiger partial charge >= 0.3 is 12.2 Å². The Morgan fingerprint density at radius 3 is 1.37 bits per heavy atom. The molecule has 2 spiro atoms. The molecule has 6 rings (SSSR count). The average molecular weight is 943 g/mol. The van der Waals surface area contributed by atoms with Crippen molar-refractivity contribution in [3.63, 3.8) is 0 Å². The second kappa shape index (κ2) is 17.8. The number of ketones is 3. The van der Waals surface area contributed by atoms with Gasteiger partial charge in [-0.1, -0.05) is 31.9 Å². The highest BCUT2D eigenvalue weighted by Crippen LogP contribution is 2.49. The van der Waals surface area contributed by atoms with Crippen molar-refractivity contribution in [2.24, 2.45) is 10.8 Å². The van der Waals surface area contributed by atoms with Crippen molar-refractivity contribution >= 4 is 67.0 Å². The van der Waals surface area contributed by atoms with E-state index < -0.39 is 17.1 Å². The second-order valence-corrected chi connectivity index (χ2v) is 21.1. The molecular formula is C47H62Br2N2O8. The van der Waals surface area contributed by atoms with Crippen molar-refractivity contribution in [2.75, 3.05) is 33.3 Å². The highest BCUT2D eigenvalue weighted by molar-refractivity contribution is 9.10. The number of halogens is 2. The number of amides is 2. The van der Waals surface area contributed by atoms with Crippen LogP contribution in [0.5, 0.6) is 0 Å². The summed E-state index contributed by atoms with van der Waals surface area (Å²) in [7, 11) is 1.65. The lowest BCUT2D eigenvalue weighted by Gasteiger charge is -2.44. The zero-order chi connectivity index (χ0) is 43.8. The lowest BCUT2D eigenvalue weighted by Crippen LogP contribution is -2.49. The van der Waals surface area contributed by atoms with Gasteiger partial charge in [-0.2, -0.15) is 0 Å². The fraction of sp³-hybridized carbons (Fsp3) is 0.596. The number of benzene rings is 2. The van der Waals surface area contributed by atoms with E-state index in [-0.39, 0.29) is 40.4 Å². The Morgan fingerprint density at radius 1 is 0.627 bits per heavy atom. The Balaban J connectivity index is 0.000000224. The molecule has 0 radical (unpaired) electrons. The molecular weight excluding hydrogens is 880 g/mol. The number of carbonyl (C=O) groups excluding carboxylic acids is 5. The molecule has 12 heteroatoms. The topological polar surface area (TPSA) is 120 Å². The molecule has 2 amide bonds. The van der Waals surface area contributed by atoms with Crippen LogP contribution in [0.4, 0.5) is 9.59 Å². The minimum atomic E-state index is -0.655. The Kier molecular flexibility index (Phi) is 14.1. The van der Waals surface area contributed by atoms with E-state index in [4.69, 9.17) is 14.2 Å². The lowest BCUT2D eigenvalue weighted by molar-refractivity contribution is -0.138. The number of Topliss-reactive ketones (excluding diaryl/α,β-unsaturated/α-hetero) is 3. The second-order valence-electron chi connectivity index (χ2n) is 19.3. The first-order valence-electron chi connectivity index (χ1n) is 20.7. The normalized spacial score (nSPS) is 19.8. The van der Waals surface area contributed by atoms with Crippen molar-refractivity contribution in [2.45, 2.75) is 138 Å². The molecule has 322 valence electrons. The van der Waals surface area contributed by atoms with E-state index in [2.05, 4.69) is 31.9 Å². The summed E-state index contributed by atoms with van der Waals surface area (Å²) in [6.45, 7) is 21.4. The number of rotatable bonds is 3. The SMILES string of the molecule is COC1=C(c2c(C)cc(Br)cc2C)C(=O)CC2(CCN(C(=O)OC(C)(C)C)CC2)C1.Cc1cc(Br)cc(C)c1C1C(=O)CC2(CCN(C(=O)OC(C)(C)C)CC2)CC1=O. The van der Waals surface area contributed by atoms with Gasteiger partial charge in [-0.15, -0.1) is 0 Å². The van der Waals surface area contributed by atoms with E-state index in [0.29, 0.717) is 58.3 Å². The third-order valence-electron chi connectivity index (χ3n) is 12.2. The van der Waals surface area contributed by atoms with Gasteiger partial charge in [0.2, 0.25) is 0 Å². The number of ether oxygens (including phenoxy) is 3. The third kappa shape index (κ3) is 11.1. The largest absolute Gasteiger partial charge is 0.500 e. The van der Waals surface area contributed by atoms with Gasteiger partial charge < -0.3 is 24.0 Å². The molecule has 2 aliphatic carbocycles. The maximum atomic E-state index is 13.4. The number of piperidine rings is 2. The van der Waals surface area contributed by atoms with Gasteiger partial charge in [0.15, 0.2) is 5.78 Å². The van der Waals surface area contributed by atoms with Crippen LogP contribution in [0.3, 0.4) is 0 Å². The number of carbonyl (C=O) groups is 5. The van der Waals surface area contributed by atoms with Crippen LogP contribution >= 0.6 is 31.9 Å². The third-order valence-corrected chi connectivity index (χ3v) is 13.1. The Labute approximate surface area is 367 Å². The minimum Gasteiger partial charge on any atom is -0.500 e. The summed E-state index contributed by atoms with van der Waals surface area (Å²) in [6.07, 6.45) is 4.30. The van der Waals surface area contributed by atoms with E-state index in [1.807, 2.05) is 93.5 Å². The molecule has 2 heterocycles. The zero-order valence-electron chi connectivity index (χ0n) is 36.8. The van der Waals surface area contributed by atoms with Crippen molar-refractivity contribution in [3.8, 4) is 0 Å². The van der Waals surface area contributed by atoms with Crippen LogP contribution < -0.4 is 0 Å². The number of hydrogen-bond donors (Lipinski definition) is 0. The summed E-state index contributed by atoms with van der Waals surface area (Å²) in [5.74, 6) is 0.279. The summed E-state index contributed by atoms with van der Waals surface area (Å²) >= 11 is 7.02. The highest BCUT2D eigenvalue weighted by Gasteiger charge is 2.48. The molecule has 59 heavy (non-hydrogen) atoms. The predicted molar refractivity (Wildman–Crippen MR) is 236 cm³/mol. The van der Waals surface area contributed by atoms with E-state index in [9.17, 15) is 24.0 Å². The number of methoxy groups -OCH3 is 1. The maximum absolute atomic E-state index is 13.4. The standard InChI is InChI=1S/C24H32BrNO4.C23H30BrNO4/c1-15-11-17(25)12-16(2)20(15)21-18(27)13-24(14-19(21)29-6)7-9-26(10-8-24)22(28)30-23(3,4)5;1-14-10-16(24)11-15(2)19(14)20-17(26)12-23(13-18(20)27)6-8-25(9-7-23)21(28)29-22(3,4)5/h11-12H,7-10,13-14H2,1-6H3;10-11,20H,6-9,12-13H2,1-5H3. The molecule has 3 fully saturated rings. The van der Waals surface area contributed by atoms with Crippen LogP contribution in [-0.4, -0.2) is 83.8 Å². The smallest absolute Gasteiger partial charge is 0.410 e. The van der Waals surface area contributed by atoms with Gasteiger partial charge in [0, 0.05) is 60.8 Å². The fourth-order valence-electron chi connectivity index (χ4n) is 9.41. The van der Waals surface area contributed by atoms with Crippen molar-refractivity contribution in [1.29, 1.82) is 0 Å².